The molecule has 3 aromatic rings. The Bertz CT molecular complexity index is 1320. The molecule has 186 valence electrons. The number of carbonyl (C=O) groups is 2. The summed E-state index contributed by atoms with van der Waals surface area (Å²) in [5, 5.41) is 6.17. The maximum Gasteiger partial charge on any atom is 0.255 e. The van der Waals surface area contributed by atoms with E-state index in [-0.39, 0.29) is 23.8 Å². The van der Waals surface area contributed by atoms with Gasteiger partial charge in [-0.25, -0.2) is 4.98 Å². The van der Waals surface area contributed by atoms with Gasteiger partial charge < -0.3 is 20.4 Å². The Balaban J connectivity index is 1.22. The number of fused-ring (bicyclic) bond motifs is 1. The van der Waals surface area contributed by atoms with Crippen molar-refractivity contribution < 1.29 is 14.3 Å². The van der Waals surface area contributed by atoms with Gasteiger partial charge in [-0.2, -0.15) is 0 Å². The molecule has 0 spiro atoms. The molecule has 0 aliphatic heterocycles. The first-order valence-electron chi connectivity index (χ1n) is 12.6. The quantitative estimate of drug-likeness (QED) is 0.446. The molecule has 2 aliphatic rings. The lowest BCUT2D eigenvalue weighted by Crippen LogP contribution is -2.41. The van der Waals surface area contributed by atoms with Crippen molar-refractivity contribution in [3.8, 4) is 5.75 Å². The van der Waals surface area contributed by atoms with Crippen LogP contribution in [0.3, 0.4) is 0 Å². The summed E-state index contributed by atoms with van der Waals surface area (Å²) in [6.07, 6.45) is 11.3. The summed E-state index contributed by atoms with van der Waals surface area (Å²) >= 11 is 0. The molecule has 2 amide bonds. The molecule has 1 aromatic heterocycles. The van der Waals surface area contributed by atoms with Crippen molar-refractivity contribution in [2.75, 3.05) is 7.11 Å². The Hall–Kier alpha value is -3.87. The first-order chi connectivity index (χ1) is 17.5. The molecular weight excluding hydrogens is 452 g/mol. The Morgan fingerprint density at radius 3 is 2.53 bits per heavy atom. The van der Waals surface area contributed by atoms with Crippen molar-refractivity contribution >= 4 is 22.8 Å². The molecule has 0 saturated heterocycles. The van der Waals surface area contributed by atoms with E-state index in [9.17, 15) is 9.59 Å². The number of aromatic nitrogens is 2. The normalized spacial score (nSPS) is 21.6. The van der Waals surface area contributed by atoms with Gasteiger partial charge in [0.25, 0.3) is 11.8 Å². The smallest absolute Gasteiger partial charge is 0.255 e. The second-order valence-electron chi connectivity index (χ2n) is 9.74. The van der Waals surface area contributed by atoms with Crippen molar-refractivity contribution in [1.82, 2.24) is 20.6 Å². The van der Waals surface area contributed by atoms with Crippen LogP contribution in [0.2, 0.25) is 0 Å². The van der Waals surface area contributed by atoms with Crippen LogP contribution < -0.4 is 15.4 Å². The Kier molecular flexibility index (Phi) is 6.89. The third-order valence-electron chi connectivity index (χ3n) is 7.25. The largest absolute Gasteiger partial charge is 0.497 e. The van der Waals surface area contributed by atoms with Crippen molar-refractivity contribution in [2.45, 2.75) is 51.0 Å². The number of rotatable bonds is 6. The molecular formula is C29H32N4O3. The van der Waals surface area contributed by atoms with Crippen LogP contribution in [0.5, 0.6) is 5.75 Å². The number of amides is 2. The fraction of sp³-hybridized carbons (Fsp3) is 0.345. The highest BCUT2D eigenvalue weighted by atomic mass is 16.5. The molecule has 7 nitrogen and oxygen atoms in total. The van der Waals surface area contributed by atoms with Gasteiger partial charge >= 0.3 is 0 Å². The molecule has 0 radical (unpaired) electrons. The summed E-state index contributed by atoms with van der Waals surface area (Å²) in [5.74, 6) is 1.95. The van der Waals surface area contributed by atoms with E-state index in [1.807, 2.05) is 36.4 Å². The Morgan fingerprint density at radius 1 is 1.03 bits per heavy atom. The number of ether oxygens (including phenoxy) is 1. The van der Waals surface area contributed by atoms with Crippen LogP contribution in [0.4, 0.5) is 0 Å². The summed E-state index contributed by atoms with van der Waals surface area (Å²) < 4.78 is 5.14. The minimum atomic E-state index is -0.163. The fourth-order valence-electron chi connectivity index (χ4n) is 4.99. The third kappa shape index (κ3) is 5.20. The average molecular weight is 485 g/mol. The number of hydrogen-bond donors (Lipinski definition) is 3. The van der Waals surface area contributed by atoms with Gasteiger partial charge in [-0.05, 0) is 73.7 Å². The molecule has 3 N–H and O–H groups in total. The summed E-state index contributed by atoms with van der Waals surface area (Å²) in [5.41, 5.74) is 3.67. The number of nitrogens with zero attached hydrogens (tertiary/aromatic N) is 1. The average Bonchev–Trinajstić information content (AvgIpc) is 3.34. The standard InChI is InChI=1S/C29H32N4O3/c1-18-5-3-4-6-24(18)33-29(35)21-11-16-25-26(17-21)32-27(31-25)19-7-12-22(13-8-19)30-28(34)20-9-14-23(36-2)15-10-20/h7,9-19,24H,3-6,8H2,1-2H3,(H,30,34)(H,31,32)(H,33,35). The lowest BCUT2D eigenvalue weighted by molar-refractivity contribution is 0.0909. The highest BCUT2D eigenvalue weighted by molar-refractivity contribution is 5.97. The topological polar surface area (TPSA) is 96.1 Å². The Labute approximate surface area is 211 Å². The van der Waals surface area contributed by atoms with E-state index >= 15 is 0 Å². The van der Waals surface area contributed by atoms with Gasteiger partial charge in [-0.1, -0.05) is 31.9 Å². The fourth-order valence-corrected chi connectivity index (χ4v) is 4.99. The van der Waals surface area contributed by atoms with Gasteiger partial charge in [0.15, 0.2) is 0 Å². The lowest BCUT2D eigenvalue weighted by atomic mass is 9.86. The van der Waals surface area contributed by atoms with Crippen LogP contribution in [-0.4, -0.2) is 34.9 Å². The maximum atomic E-state index is 12.9. The van der Waals surface area contributed by atoms with Gasteiger partial charge in [0, 0.05) is 28.8 Å². The second-order valence-corrected chi connectivity index (χ2v) is 9.74. The van der Waals surface area contributed by atoms with E-state index in [0.717, 1.165) is 29.0 Å². The van der Waals surface area contributed by atoms with Crippen LogP contribution >= 0.6 is 0 Å². The molecule has 2 aromatic carbocycles. The zero-order valence-electron chi connectivity index (χ0n) is 20.7. The highest BCUT2D eigenvalue weighted by Crippen LogP contribution is 2.27. The molecule has 1 saturated carbocycles. The van der Waals surface area contributed by atoms with E-state index in [1.165, 1.54) is 19.3 Å². The summed E-state index contributed by atoms with van der Waals surface area (Å²) in [4.78, 5) is 33.5. The van der Waals surface area contributed by atoms with Gasteiger partial charge in [0.1, 0.15) is 11.6 Å². The monoisotopic (exact) mass is 484 g/mol. The van der Waals surface area contributed by atoms with Crippen molar-refractivity contribution in [2.24, 2.45) is 5.92 Å². The highest BCUT2D eigenvalue weighted by Gasteiger charge is 2.24. The number of imidazole rings is 1. The number of allylic oxidation sites excluding steroid dienone is 3. The van der Waals surface area contributed by atoms with Crippen LogP contribution in [-0.2, 0) is 0 Å². The zero-order chi connectivity index (χ0) is 25.1. The van der Waals surface area contributed by atoms with E-state index in [2.05, 4.69) is 22.5 Å². The predicted octanol–water partition coefficient (Wildman–Crippen LogP) is 5.24. The van der Waals surface area contributed by atoms with E-state index in [0.29, 0.717) is 29.2 Å². The van der Waals surface area contributed by atoms with E-state index in [4.69, 9.17) is 9.72 Å². The Morgan fingerprint density at radius 2 is 1.81 bits per heavy atom. The zero-order valence-corrected chi connectivity index (χ0v) is 20.7. The van der Waals surface area contributed by atoms with Crippen LogP contribution in [0, 0.1) is 5.92 Å². The van der Waals surface area contributed by atoms with Gasteiger partial charge in [0.05, 0.1) is 18.1 Å². The molecule has 5 rings (SSSR count). The first-order valence-corrected chi connectivity index (χ1v) is 12.6. The summed E-state index contributed by atoms with van der Waals surface area (Å²) in [7, 11) is 1.60. The van der Waals surface area contributed by atoms with Crippen molar-refractivity contribution in [3.63, 3.8) is 0 Å². The predicted molar refractivity (Wildman–Crippen MR) is 140 cm³/mol. The first kappa shape index (κ1) is 23.9. The SMILES string of the molecule is COc1ccc(C(=O)NC2=CCC(c3nc4ccc(C(=O)NC5CCCCC5C)cc4[nH]3)C=C2)cc1. The molecule has 3 atom stereocenters. The minimum Gasteiger partial charge on any atom is -0.497 e. The van der Waals surface area contributed by atoms with Crippen molar-refractivity contribution in [1.29, 1.82) is 0 Å². The number of carbonyl (C=O) groups excluding carboxylic acids is 2. The number of hydrogen-bond acceptors (Lipinski definition) is 4. The van der Waals surface area contributed by atoms with Gasteiger partial charge in [-0.15, -0.1) is 0 Å². The van der Waals surface area contributed by atoms with Crippen molar-refractivity contribution in [3.05, 3.63) is 83.3 Å². The summed E-state index contributed by atoms with van der Waals surface area (Å²) in [6, 6.07) is 12.9. The number of benzene rings is 2. The van der Waals surface area contributed by atoms with Gasteiger partial charge in [-0.3, -0.25) is 9.59 Å². The lowest BCUT2D eigenvalue weighted by Gasteiger charge is -2.29. The van der Waals surface area contributed by atoms with E-state index in [1.54, 1.807) is 31.4 Å². The van der Waals surface area contributed by atoms with E-state index < -0.39 is 0 Å². The molecule has 7 heteroatoms. The molecule has 36 heavy (non-hydrogen) atoms. The van der Waals surface area contributed by atoms with Crippen LogP contribution in [0.15, 0.2) is 66.4 Å². The second kappa shape index (κ2) is 10.4. The van der Waals surface area contributed by atoms with Crippen LogP contribution in [0.1, 0.15) is 71.5 Å². The maximum absolute atomic E-state index is 12.9. The molecule has 1 fully saturated rings. The van der Waals surface area contributed by atoms with Gasteiger partial charge in [0.2, 0.25) is 0 Å². The molecule has 0 bridgehead atoms. The molecule has 3 unspecified atom stereocenters. The number of methoxy groups -OCH3 is 1. The number of nitrogens with one attached hydrogen (secondary N) is 3. The summed E-state index contributed by atoms with van der Waals surface area (Å²) in [6.45, 7) is 2.22. The molecule has 2 aliphatic carbocycles. The minimum absolute atomic E-state index is 0.0236. The third-order valence-corrected chi connectivity index (χ3v) is 7.25. The number of aromatic amines is 1. The number of H-pyrrole nitrogens is 1. The van der Waals surface area contributed by atoms with Crippen LogP contribution in [0.25, 0.3) is 11.0 Å². The molecule has 1 heterocycles.